The van der Waals surface area contributed by atoms with E-state index < -0.39 is 0 Å². The molecular formula is C18H32O2S. The van der Waals surface area contributed by atoms with Gasteiger partial charge < -0.3 is 4.74 Å². The Labute approximate surface area is 135 Å². The summed E-state index contributed by atoms with van der Waals surface area (Å²) in [6.45, 7) is 2.24. The van der Waals surface area contributed by atoms with Crippen molar-refractivity contribution < 1.29 is 9.53 Å². The highest BCUT2D eigenvalue weighted by atomic mass is 32.2. The number of allylic oxidation sites excluding steroid dienone is 4. The summed E-state index contributed by atoms with van der Waals surface area (Å²) in [5, 5.41) is 0. The minimum atomic E-state index is -0.0920. The molecule has 2 nitrogen and oxygen atoms in total. The summed E-state index contributed by atoms with van der Waals surface area (Å²) in [4.78, 5) is 10.9. The number of carbonyl (C=O) groups is 1. The summed E-state index contributed by atoms with van der Waals surface area (Å²) >= 11 is 1.97. The standard InChI is InChI=1S/C18H32O2S/c1-3-4-5-6-7-8-9-10-11-13-16-21-17-14-12-15-18(19)20-2/h7-8,10-11H,3-6,9,12-17H2,1-2H3/b8-7-,11-10-. The molecule has 0 fully saturated rings. The van der Waals surface area contributed by atoms with E-state index in [1.54, 1.807) is 0 Å². The van der Waals surface area contributed by atoms with Gasteiger partial charge in [0.1, 0.15) is 0 Å². The monoisotopic (exact) mass is 312 g/mol. The zero-order chi connectivity index (χ0) is 15.6. The third-order valence-corrected chi connectivity index (χ3v) is 4.26. The van der Waals surface area contributed by atoms with Crippen LogP contribution in [0.5, 0.6) is 0 Å². The van der Waals surface area contributed by atoms with E-state index in [-0.39, 0.29) is 5.97 Å². The van der Waals surface area contributed by atoms with Gasteiger partial charge in [-0.15, -0.1) is 0 Å². The van der Waals surface area contributed by atoms with Gasteiger partial charge in [0, 0.05) is 6.42 Å². The molecule has 0 bridgehead atoms. The Kier molecular flexibility index (Phi) is 16.8. The summed E-state index contributed by atoms with van der Waals surface area (Å²) in [5.74, 6) is 2.22. The quantitative estimate of drug-likeness (QED) is 0.239. The molecule has 0 aliphatic carbocycles. The second kappa shape index (κ2) is 17.4. The van der Waals surface area contributed by atoms with E-state index in [1.807, 2.05) is 11.8 Å². The fourth-order valence-corrected chi connectivity index (χ4v) is 2.76. The number of esters is 1. The van der Waals surface area contributed by atoms with E-state index >= 15 is 0 Å². The largest absolute Gasteiger partial charge is 0.469 e. The first kappa shape index (κ1) is 20.3. The smallest absolute Gasteiger partial charge is 0.305 e. The molecule has 0 aliphatic heterocycles. The minimum Gasteiger partial charge on any atom is -0.469 e. The zero-order valence-electron chi connectivity index (χ0n) is 13.8. The van der Waals surface area contributed by atoms with Gasteiger partial charge in [-0.05, 0) is 50.0 Å². The highest BCUT2D eigenvalue weighted by Crippen LogP contribution is 2.08. The lowest BCUT2D eigenvalue weighted by atomic mass is 10.2. The van der Waals surface area contributed by atoms with E-state index in [0.29, 0.717) is 6.42 Å². The maximum atomic E-state index is 10.9. The Morgan fingerprint density at radius 1 is 0.952 bits per heavy atom. The second-order valence-electron chi connectivity index (χ2n) is 5.11. The first-order valence-corrected chi connectivity index (χ1v) is 9.41. The summed E-state index contributed by atoms with van der Waals surface area (Å²) < 4.78 is 4.61. The van der Waals surface area contributed by atoms with Crippen molar-refractivity contribution in [1.29, 1.82) is 0 Å². The maximum Gasteiger partial charge on any atom is 0.305 e. The van der Waals surface area contributed by atoms with Gasteiger partial charge in [-0.3, -0.25) is 4.79 Å². The van der Waals surface area contributed by atoms with Crippen LogP contribution in [0, 0.1) is 0 Å². The van der Waals surface area contributed by atoms with Crippen LogP contribution in [0.3, 0.4) is 0 Å². The van der Waals surface area contributed by atoms with Gasteiger partial charge in [-0.1, -0.05) is 44.1 Å². The van der Waals surface area contributed by atoms with E-state index in [2.05, 4.69) is 36.0 Å². The van der Waals surface area contributed by atoms with Gasteiger partial charge in [0.05, 0.1) is 7.11 Å². The van der Waals surface area contributed by atoms with Crippen molar-refractivity contribution in [3.63, 3.8) is 0 Å². The first-order chi connectivity index (χ1) is 10.3. The SMILES string of the molecule is CCCCC/C=C\C/C=C\CCSCCCCC(=O)OC. The second-order valence-corrected chi connectivity index (χ2v) is 6.33. The van der Waals surface area contributed by atoms with Crippen LogP contribution in [0.4, 0.5) is 0 Å². The molecule has 3 heteroatoms. The number of methoxy groups -OCH3 is 1. The van der Waals surface area contributed by atoms with Crippen molar-refractivity contribution in [3.05, 3.63) is 24.3 Å². The van der Waals surface area contributed by atoms with Crippen LogP contribution in [0.2, 0.25) is 0 Å². The minimum absolute atomic E-state index is 0.0920. The number of rotatable bonds is 14. The molecule has 21 heavy (non-hydrogen) atoms. The Balaban J connectivity index is 3.20. The molecule has 0 aromatic heterocycles. The van der Waals surface area contributed by atoms with Crippen LogP contribution in [-0.2, 0) is 9.53 Å². The van der Waals surface area contributed by atoms with Gasteiger partial charge >= 0.3 is 5.97 Å². The van der Waals surface area contributed by atoms with Crippen LogP contribution in [0.1, 0.15) is 64.7 Å². The number of carbonyl (C=O) groups excluding carboxylic acids is 1. The van der Waals surface area contributed by atoms with Gasteiger partial charge in [0.15, 0.2) is 0 Å². The lowest BCUT2D eigenvalue weighted by Gasteiger charge is -2.00. The summed E-state index contributed by atoms with van der Waals surface area (Å²) in [6, 6.07) is 0. The van der Waals surface area contributed by atoms with Crippen LogP contribution >= 0.6 is 11.8 Å². The first-order valence-electron chi connectivity index (χ1n) is 8.25. The normalized spacial score (nSPS) is 11.5. The Morgan fingerprint density at radius 2 is 1.71 bits per heavy atom. The third-order valence-electron chi connectivity index (χ3n) is 3.16. The van der Waals surface area contributed by atoms with Gasteiger partial charge in [-0.2, -0.15) is 11.8 Å². The highest BCUT2D eigenvalue weighted by Gasteiger charge is 1.98. The summed E-state index contributed by atoms with van der Waals surface area (Å²) in [5.41, 5.74) is 0. The molecule has 0 aromatic carbocycles. The van der Waals surface area contributed by atoms with Crippen molar-refractivity contribution in [1.82, 2.24) is 0 Å². The zero-order valence-corrected chi connectivity index (χ0v) is 14.6. The number of thioether (sulfide) groups is 1. The molecule has 0 radical (unpaired) electrons. The molecule has 0 N–H and O–H groups in total. The van der Waals surface area contributed by atoms with E-state index in [9.17, 15) is 4.79 Å². The Hall–Kier alpha value is -0.700. The van der Waals surface area contributed by atoms with E-state index in [4.69, 9.17) is 0 Å². The lowest BCUT2D eigenvalue weighted by Crippen LogP contribution is -1.99. The number of hydrogen-bond donors (Lipinski definition) is 0. The van der Waals surface area contributed by atoms with Crippen LogP contribution < -0.4 is 0 Å². The molecule has 0 atom stereocenters. The Morgan fingerprint density at radius 3 is 2.43 bits per heavy atom. The van der Waals surface area contributed by atoms with Crippen LogP contribution in [0.15, 0.2) is 24.3 Å². The summed E-state index contributed by atoms with van der Waals surface area (Å²) in [6.07, 6.45) is 19.1. The van der Waals surface area contributed by atoms with E-state index in [0.717, 1.165) is 31.4 Å². The molecule has 0 saturated carbocycles. The molecule has 122 valence electrons. The molecule has 0 amide bonds. The van der Waals surface area contributed by atoms with Gasteiger partial charge in [-0.25, -0.2) is 0 Å². The summed E-state index contributed by atoms with van der Waals surface area (Å²) in [7, 11) is 1.45. The fraction of sp³-hybridized carbons (Fsp3) is 0.722. The van der Waals surface area contributed by atoms with E-state index in [1.165, 1.54) is 38.5 Å². The van der Waals surface area contributed by atoms with Crippen molar-refractivity contribution in [3.8, 4) is 0 Å². The van der Waals surface area contributed by atoms with Gasteiger partial charge in [0.2, 0.25) is 0 Å². The predicted octanol–water partition coefficient (Wildman–Crippen LogP) is 5.54. The molecule has 0 aliphatic rings. The van der Waals surface area contributed by atoms with Crippen LogP contribution in [-0.4, -0.2) is 24.6 Å². The number of ether oxygens (including phenoxy) is 1. The fourth-order valence-electron chi connectivity index (χ4n) is 1.85. The maximum absolute atomic E-state index is 10.9. The third kappa shape index (κ3) is 17.2. The van der Waals surface area contributed by atoms with Crippen molar-refractivity contribution in [2.45, 2.75) is 64.7 Å². The van der Waals surface area contributed by atoms with Crippen molar-refractivity contribution in [2.75, 3.05) is 18.6 Å². The molecular weight excluding hydrogens is 280 g/mol. The Bertz CT molecular complexity index is 285. The van der Waals surface area contributed by atoms with Crippen LogP contribution in [0.25, 0.3) is 0 Å². The predicted molar refractivity (Wildman–Crippen MR) is 94.8 cm³/mol. The highest BCUT2D eigenvalue weighted by molar-refractivity contribution is 7.99. The lowest BCUT2D eigenvalue weighted by molar-refractivity contribution is -0.140. The average molecular weight is 313 g/mol. The molecule has 0 spiro atoms. The van der Waals surface area contributed by atoms with Gasteiger partial charge in [0.25, 0.3) is 0 Å². The molecule has 0 unspecified atom stereocenters. The average Bonchev–Trinajstić information content (AvgIpc) is 2.50. The molecule has 0 rings (SSSR count). The van der Waals surface area contributed by atoms with Crippen molar-refractivity contribution >= 4 is 17.7 Å². The molecule has 0 heterocycles. The topological polar surface area (TPSA) is 26.3 Å². The van der Waals surface area contributed by atoms with Crippen molar-refractivity contribution in [2.24, 2.45) is 0 Å². The molecule has 0 saturated heterocycles. The number of unbranched alkanes of at least 4 members (excludes halogenated alkanes) is 4. The molecule has 0 aromatic rings. The number of hydrogen-bond acceptors (Lipinski definition) is 3.